The number of methoxy groups -OCH3 is 1. The molecule has 1 unspecified atom stereocenters. The maximum absolute atomic E-state index is 11.9. The number of benzene rings is 1. The molecule has 0 radical (unpaired) electrons. The van der Waals surface area contributed by atoms with Gasteiger partial charge in [-0.3, -0.25) is 4.79 Å². The third-order valence-electron chi connectivity index (χ3n) is 3.61. The largest absolute Gasteiger partial charge is 0.468 e. The van der Waals surface area contributed by atoms with Crippen molar-refractivity contribution in [2.24, 2.45) is 5.41 Å². The minimum Gasteiger partial charge on any atom is -0.468 e. The Kier molecular flexibility index (Phi) is 3.32. The van der Waals surface area contributed by atoms with Crippen LogP contribution in [0.3, 0.4) is 0 Å². The molecular formula is C15H18O2. The lowest BCUT2D eigenvalue weighted by atomic mass is 9.83. The summed E-state index contributed by atoms with van der Waals surface area (Å²) in [6.45, 7) is 1.99. The van der Waals surface area contributed by atoms with Crippen LogP contribution in [0.1, 0.15) is 31.7 Å². The van der Waals surface area contributed by atoms with Crippen molar-refractivity contribution in [1.29, 1.82) is 0 Å². The van der Waals surface area contributed by atoms with Crippen LogP contribution in [0, 0.1) is 5.41 Å². The number of hydrogen-bond donors (Lipinski definition) is 0. The fourth-order valence-corrected chi connectivity index (χ4v) is 2.51. The molecule has 0 spiro atoms. The van der Waals surface area contributed by atoms with Crippen molar-refractivity contribution in [3.63, 3.8) is 0 Å². The molecule has 0 amide bonds. The number of esters is 1. The summed E-state index contributed by atoms with van der Waals surface area (Å²) in [6, 6.07) is 10.1. The maximum Gasteiger partial charge on any atom is 0.315 e. The summed E-state index contributed by atoms with van der Waals surface area (Å²) in [4.78, 5) is 11.9. The molecule has 1 aliphatic carbocycles. The van der Waals surface area contributed by atoms with Crippen LogP contribution in [-0.4, -0.2) is 13.1 Å². The van der Waals surface area contributed by atoms with E-state index in [0.29, 0.717) is 0 Å². The van der Waals surface area contributed by atoms with E-state index in [1.807, 2.05) is 25.1 Å². The molecule has 0 N–H and O–H groups in total. The summed E-state index contributed by atoms with van der Waals surface area (Å²) in [5.74, 6) is -0.114. The predicted octanol–water partition coefficient (Wildman–Crippen LogP) is 3.43. The van der Waals surface area contributed by atoms with E-state index < -0.39 is 5.41 Å². The molecule has 1 aromatic rings. The summed E-state index contributed by atoms with van der Waals surface area (Å²) in [5, 5.41) is 0. The highest BCUT2D eigenvalue weighted by atomic mass is 16.5. The van der Waals surface area contributed by atoms with E-state index in [4.69, 9.17) is 4.74 Å². The maximum atomic E-state index is 11.9. The second-order valence-corrected chi connectivity index (χ2v) is 4.76. The Hall–Kier alpha value is -1.57. The van der Waals surface area contributed by atoms with E-state index >= 15 is 0 Å². The third kappa shape index (κ3) is 2.26. The van der Waals surface area contributed by atoms with Gasteiger partial charge in [-0.1, -0.05) is 42.0 Å². The van der Waals surface area contributed by atoms with E-state index in [1.165, 1.54) is 12.7 Å². The van der Waals surface area contributed by atoms with Gasteiger partial charge >= 0.3 is 5.97 Å². The second kappa shape index (κ2) is 4.74. The summed E-state index contributed by atoms with van der Waals surface area (Å²) in [7, 11) is 1.46. The predicted molar refractivity (Wildman–Crippen MR) is 68.4 cm³/mol. The van der Waals surface area contributed by atoms with Crippen LogP contribution in [0.25, 0.3) is 6.08 Å². The minimum atomic E-state index is -0.426. The smallest absolute Gasteiger partial charge is 0.315 e. The van der Waals surface area contributed by atoms with Crippen molar-refractivity contribution in [1.82, 2.24) is 0 Å². The van der Waals surface area contributed by atoms with E-state index in [1.54, 1.807) is 0 Å². The molecule has 90 valence electrons. The lowest BCUT2D eigenvalue weighted by Crippen LogP contribution is -2.27. The number of carbonyl (C=O) groups is 1. The Morgan fingerprint density at radius 1 is 1.35 bits per heavy atom. The lowest BCUT2D eigenvalue weighted by molar-refractivity contribution is -0.149. The van der Waals surface area contributed by atoms with Gasteiger partial charge in [-0.15, -0.1) is 0 Å². The van der Waals surface area contributed by atoms with Crippen molar-refractivity contribution in [3.05, 3.63) is 41.5 Å². The van der Waals surface area contributed by atoms with E-state index in [2.05, 4.69) is 18.2 Å². The van der Waals surface area contributed by atoms with Crippen molar-refractivity contribution in [2.75, 3.05) is 7.11 Å². The van der Waals surface area contributed by atoms with Crippen LogP contribution in [0.2, 0.25) is 0 Å². The molecule has 2 heteroatoms. The molecule has 1 fully saturated rings. The number of rotatable bonds is 2. The van der Waals surface area contributed by atoms with Gasteiger partial charge in [-0.05, 0) is 31.7 Å². The summed E-state index contributed by atoms with van der Waals surface area (Å²) < 4.78 is 4.93. The van der Waals surface area contributed by atoms with Gasteiger partial charge in [0, 0.05) is 0 Å². The fourth-order valence-electron chi connectivity index (χ4n) is 2.51. The first-order chi connectivity index (χ1) is 8.16. The lowest BCUT2D eigenvalue weighted by Gasteiger charge is -2.22. The van der Waals surface area contributed by atoms with Crippen LogP contribution >= 0.6 is 0 Å². The number of carbonyl (C=O) groups excluding carboxylic acids is 1. The molecule has 1 aromatic carbocycles. The Balaban J connectivity index is 2.32. The van der Waals surface area contributed by atoms with Gasteiger partial charge in [-0.2, -0.15) is 0 Å². The zero-order chi connectivity index (χ0) is 12.3. The summed E-state index contributed by atoms with van der Waals surface area (Å²) in [5.41, 5.74) is 1.92. The molecule has 0 aromatic heterocycles. The van der Waals surface area contributed by atoms with Gasteiger partial charge in [0.05, 0.1) is 12.5 Å². The van der Waals surface area contributed by atoms with Crippen LogP contribution in [0.15, 0.2) is 35.9 Å². The first kappa shape index (κ1) is 11.9. The molecule has 1 saturated carbocycles. The Morgan fingerprint density at radius 3 is 2.71 bits per heavy atom. The molecule has 2 nitrogen and oxygen atoms in total. The van der Waals surface area contributed by atoms with Crippen molar-refractivity contribution in [2.45, 2.75) is 26.2 Å². The normalized spacial score (nSPS) is 26.1. The van der Waals surface area contributed by atoms with Gasteiger partial charge in [-0.25, -0.2) is 0 Å². The summed E-state index contributed by atoms with van der Waals surface area (Å²) >= 11 is 0. The van der Waals surface area contributed by atoms with Gasteiger partial charge in [0.1, 0.15) is 0 Å². The average molecular weight is 230 g/mol. The molecule has 0 aliphatic heterocycles. The molecule has 0 bridgehead atoms. The highest BCUT2D eigenvalue weighted by Gasteiger charge is 2.41. The fraction of sp³-hybridized carbons (Fsp3) is 0.400. The topological polar surface area (TPSA) is 26.3 Å². The second-order valence-electron chi connectivity index (χ2n) is 4.76. The summed E-state index contributed by atoms with van der Waals surface area (Å²) in [6.07, 6.45) is 5.06. The standard InChI is InChI=1S/C15H18O2/c1-15(14(16)17-2)10-6-9-13(15)11-12-7-4-3-5-8-12/h3-5,7-8,11H,6,9-10H2,1-2H3/b13-11-. The molecule has 2 rings (SSSR count). The quantitative estimate of drug-likeness (QED) is 0.727. The van der Waals surface area contributed by atoms with E-state index in [9.17, 15) is 4.79 Å². The van der Waals surface area contributed by atoms with Gasteiger partial charge in [0.25, 0.3) is 0 Å². The van der Waals surface area contributed by atoms with Crippen molar-refractivity contribution in [3.8, 4) is 0 Å². The van der Waals surface area contributed by atoms with Crippen LogP contribution < -0.4 is 0 Å². The highest BCUT2D eigenvalue weighted by molar-refractivity contribution is 5.82. The van der Waals surface area contributed by atoms with Crippen LogP contribution in [-0.2, 0) is 9.53 Å². The van der Waals surface area contributed by atoms with Gasteiger partial charge < -0.3 is 4.74 Å². The molecule has 0 saturated heterocycles. The number of ether oxygens (including phenoxy) is 1. The number of hydrogen-bond acceptors (Lipinski definition) is 2. The van der Waals surface area contributed by atoms with E-state index in [0.717, 1.165) is 24.8 Å². The van der Waals surface area contributed by atoms with Crippen molar-refractivity contribution >= 4 is 12.0 Å². The zero-order valence-electron chi connectivity index (χ0n) is 10.4. The minimum absolute atomic E-state index is 0.114. The molecular weight excluding hydrogens is 212 g/mol. The molecule has 17 heavy (non-hydrogen) atoms. The monoisotopic (exact) mass is 230 g/mol. The highest BCUT2D eigenvalue weighted by Crippen LogP contribution is 2.44. The molecule has 1 aliphatic rings. The zero-order valence-corrected chi connectivity index (χ0v) is 10.4. The van der Waals surface area contributed by atoms with Crippen molar-refractivity contribution < 1.29 is 9.53 Å². The first-order valence-corrected chi connectivity index (χ1v) is 6.01. The SMILES string of the molecule is COC(=O)C1(C)CCC/C1=C/c1ccccc1. The average Bonchev–Trinajstić information content (AvgIpc) is 2.72. The molecule has 0 heterocycles. The Labute approximate surface area is 102 Å². The van der Waals surface area contributed by atoms with Gasteiger partial charge in [0.15, 0.2) is 0 Å². The van der Waals surface area contributed by atoms with E-state index in [-0.39, 0.29) is 5.97 Å². The third-order valence-corrected chi connectivity index (χ3v) is 3.61. The van der Waals surface area contributed by atoms with Crippen LogP contribution in [0.4, 0.5) is 0 Å². The van der Waals surface area contributed by atoms with Gasteiger partial charge in [0.2, 0.25) is 0 Å². The Morgan fingerprint density at radius 2 is 2.06 bits per heavy atom. The Bertz CT molecular complexity index is 433. The van der Waals surface area contributed by atoms with Crippen LogP contribution in [0.5, 0.6) is 0 Å². The molecule has 1 atom stereocenters. The first-order valence-electron chi connectivity index (χ1n) is 6.01.